The van der Waals surface area contributed by atoms with Crippen molar-refractivity contribution in [2.24, 2.45) is 5.92 Å². The number of para-hydroxylation sites is 1. The highest BCUT2D eigenvalue weighted by atomic mass is 35.5. The van der Waals surface area contributed by atoms with Crippen LogP contribution in [0.15, 0.2) is 24.3 Å². The minimum atomic E-state index is -0.139. The van der Waals surface area contributed by atoms with Crippen LogP contribution in [-0.4, -0.2) is 32.7 Å². The Hall–Kier alpha value is -2.15. The van der Waals surface area contributed by atoms with Gasteiger partial charge in [0.05, 0.1) is 5.02 Å². The highest BCUT2D eigenvalue weighted by molar-refractivity contribution is 6.32. The molecule has 0 fully saturated rings. The van der Waals surface area contributed by atoms with E-state index >= 15 is 0 Å². The number of nitrogens with one attached hydrogen (secondary N) is 1. The number of benzene rings is 1. The lowest BCUT2D eigenvalue weighted by molar-refractivity contribution is -0.122. The molecule has 8 heteroatoms. The number of hydrogen-bond donors (Lipinski definition) is 1. The van der Waals surface area contributed by atoms with Gasteiger partial charge in [-0.3, -0.25) is 4.79 Å². The normalized spacial score (nSPS) is 10.7. The van der Waals surface area contributed by atoms with Gasteiger partial charge in [0.25, 0.3) is 0 Å². The second-order valence-corrected chi connectivity index (χ2v) is 5.58. The summed E-state index contributed by atoms with van der Waals surface area (Å²) in [6, 6.07) is 7.13. The van der Waals surface area contributed by atoms with Crippen molar-refractivity contribution in [1.29, 1.82) is 0 Å². The molecule has 1 heterocycles. The molecular formula is C14H18ClN5O2. The molecule has 0 unspecified atom stereocenters. The van der Waals surface area contributed by atoms with Crippen molar-refractivity contribution in [2.45, 2.75) is 27.0 Å². The van der Waals surface area contributed by atoms with Crippen LogP contribution in [0.4, 0.5) is 0 Å². The Bertz CT molecular complexity index is 629. The number of ether oxygens (including phenoxy) is 1. The van der Waals surface area contributed by atoms with Gasteiger partial charge >= 0.3 is 0 Å². The predicted octanol–water partition coefficient (Wildman–Crippen LogP) is 1.68. The third-order valence-electron chi connectivity index (χ3n) is 2.80. The first-order valence-corrected chi connectivity index (χ1v) is 7.33. The first-order valence-electron chi connectivity index (χ1n) is 6.95. The number of hydrogen-bond acceptors (Lipinski definition) is 5. The van der Waals surface area contributed by atoms with E-state index in [0.717, 1.165) is 0 Å². The smallest absolute Gasteiger partial charge is 0.241 e. The lowest BCUT2D eigenvalue weighted by atomic mass is 10.2. The van der Waals surface area contributed by atoms with Crippen LogP contribution in [0.1, 0.15) is 19.7 Å². The number of tetrazole rings is 1. The molecule has 0 aliphatic heterocycles. The maximum Gasteiger partial charge on any atom is 0.241 e. The summed E-state index contributed by atoms with van der Waals surface area (Å²) in [5.41, 5.74) is 0. The van der Waals surface area contributed by atoms with E-state index in [9.17, 15) is 4.79 Å². The SMILES string of the molecule is CC(C)CNC(=O)Cn1nnnc1COc1ccccc1Cl. The number of amides is 1. The van der Waals surface area contributed by atoms with Crippen LogP contribution in [0.5, 0.6) is 5.75 Å². The summed E-state index contributed by atoms with van der Waals surface area (Å²) in [6.07, 6.45) is 0. The molecule has 7 nitrogen and oxygen atoms in total. The Morgan fingerprint density at radius 3 is 2.91 bits per heavy atom. The molecule has 0 bridgehead atoms. The van der Waals surface area contributed by atoms with Gasteiger partial charge < -0.3 is 10.1 Å². The lowest BCUT2D eigenvalue weighted by Crippen LogP contribution is -2.31. The fraction of sp³-hybridized carbons (Fsp3) is 0.429. The van der Waals surface area contributed by atoms with E-state index in [0.29, 0.717) is 29.1 Å². The molecule has 0 radical (unpaired) electrons. The maximum absolute atomic E-state index is 11.8. The predicted molar refractivity (Wildman–Crippen MR) is 81.4 cm³/mol. The van der Waals surface area contributed by atoms with E-state index in [1.807, 2.05) is 26.0 Å². The van der Waals surface area contributed by atoms with Gasteiger partial charge in [0.1, 0.15) is 18.9 Å². The van der Waals surface area contributed by atoms with E-state index in [1.54, 1.807) is 12.1 Å². The molecule has 22 heavy (non-hydrogen) atoms. The van der Waals surface area contributed by atoms with Crippen molar-refractivity contribution in [3.63, 3.8) is 0 Å². The van der Waals surface area contributed by atoms with Gasteiger partial charge in [-0.25, -0.2) is 4.68 Å². The van der Waals surface area contributed by atoms with Crippen LogP contribution in [0.2, 0.25) is 5.02 Å². The zero-order valence-electron chi connectivity index (χ0n) is 12.5. The molecule has 0 saturated heterocycles. The lowest BCUT2D eigenvalue weighted by Gasteiger charge is -2.09. The van der Waals surface area contributed by atoms with Crippen molar-refractivity contribution in [2.75, 3.05) is 6.54 Å². The highest BCUT2D eigenvalue weighted by Gasteiger charge is 2.12. The van der Waals surface area contributed by atoms with E-state index in [1.165, 1.54) is 4.68 Å². The first kappa shape index (κ1) is 16.2. The molecule has 1 aromatic carbocycles. The standard InChI is InChI=1S/C14H18ClN5O2/c1-10(2)7-16-14(21)8-20-13(17-18-19-20)9-22-12-6-4-3-5-11(12)15/h3-6,10H,7-9H2,1-2H3,(H,16,21). The van der Waals surface area contributed by atoms with Crippen LogP contribution >= 0.6 is 11.6 Å². The van der Waals surface area contributed by atoms with Crippen LogP contribution in [-0.2, 0) is 17.9 Å². The first-order chi connectivity index (χ1) is 10.6. The van der Waals surface area contributed by atoms with Crippen LogP contribution in [0.25, 0.3) is 0 Å². The molecule has 118 valence electrons. The summed E-state index contributed by atoms with van der Waals surface area (Å²) in [6.45, 7) is 4.86. The van der Waals surface area contributed by atoms with Crippen molar-refractivity contribution in [1.82, 2.24) is 25.5 Å². The van der Waals surface area contributed by atoms with Gasteiger partial charge in [0.2, 0.25) is 5.91 Å². The minimum Gasteiger partial charge on any atom is -0.484 e. The zero-order chi connectivity index (χ0) is 15.9. The Morgan fingerprint density at radius 2 is 2.18 bits per heavy atom. The van der Waals surface area contributed by atoms with Crippen molar-refractivity contribution in [3.05, 3.63) is 35.1 Å². The van der Waals surface area contributed by atoms with Gasteiger partial charge in [-0.1, -0.05) is 37.6 Å². The number of rotatable bonds is 7. The highest BCUT2D eigenvalue weighted by Crippen LogP contribution is 2.23. The average Bonchev–Trinajstić information content (AvgIpc) is 2.91. The molecule has 0 spiro atoms. The number of carbonyl (C=O) groups excluding carboxylic acids is 1. The minimum absolute atomic E-state index is 0.0565. The number of halogens is 1. The topological polar surface area (TPSA) is 81.9 Å². The fourth-order valence-electron chi connectivity index (χ4n) is 1.66. The van der Waals surface area contributed by atoms with Crippen LogP contribution in [0.3, 0.4) is 0 Å². The molecule has 0 aliphatic carbocycles. The Labute approximate surface area is 133 Å². The Kier molecular flexibility index (Phi) is 5.71. The maximum atomic E-state index is 11.8. The zero-order valence-corrected chi connectivity index (χ0v) is 13.2. The van der Waals surface area contributed by atoms with E-state index in [2.05, 4.69) is 20.8 Å². The summed E-state index contributed by atoms with van der Waals surface area (Å²) in [4.78, 5) is 11.8. The van der Waals surface area contributed by atoms with Gasteiger partial charge in [0.15, 0.2) is 5.82 Å². The fourth-order valence-corrected chi connectivity index (χ4v) is 1.85. The molecule has 1 aromatic heterocycles. The Balaban J connectivity index is 1.92. The summed E-state index contributed by atoms with van der Waals surface area (Å²) in [7, 11) is 0. The van der Waals surface area contributed by atoms with Gasteiger partial charge in [-0.2, -0.15) is 0 Å². The van der Waals surface area contributed by atoms with Crippen LogP contribution in [0, 0.1) is 5.92 Å². The number of aromatic nitrogens is 4. The molecule has 1 N–H and O–H groups in total. The second-order valence-electron chi connectivity index (χ2n) is 5.17. The summed E-state index contributed by atoms with van der Waals surface area (Å²) in [5.74, 6) is 1.25. The largest absolute Gasteiger partial charge is 0.484 e. The summed E-state index contributed by atoms with van der Waals surface area (Å²) in [5, 5.41) is 14.6. The molecule has 0 aliphatic rings. The van der Waals surface area contributed by atoms with Gasteiger partial charge in [0, 0.05) is 6.54 Å². The second kappa shape index (κ2) is 7.74. The van der Waals surface area contributed by atoms with Crippen molar-refractivity contribution < 1.29 is 9.53 Å². The summed E-state index contributed by atoms with van der Waals surface area (Å²) >= 11 is 6.01. The quantitative estimate of drug-likeness (QED) is 0.838. The Morgan fingerprint density at radius 1 is 1.41 bits per heavy atom. The third-order valence-corrected chi connectivity index (χ3v) is 3.11. The molecule has 0 atom stereocenters. The monoisotopic (exact) mass is 323 g/mol. The molecule has 2 rings (SSSR count). The number of carbonyl (C=O) groups is 1. The average molecular weight is 324 g/mol. The molecule has 1 amide bonds. The molecule has 0 saturated carbocycles. The van der Waals surface area contributed by atoms with E-state index in [4.69, 9.17) is 16.3 Å². The summed E-state index contributed by atoms with van der Waals surface area (Å²) < 4.78 is 6.98. The van der Waals surface area contributed by atoms with Crippen molar-refractivity contribution >= 4 is 17.5 Å². The van der Waals surface area contributed by atoms with E-state index in [-0.39, 0.29) is 19.1 Å². The van der Waals surface area contributed by atoms with Crippen molar-refractivity contribution in [3.8, 4) is 5.75 Å². The number of nitrogens with zero attached hydrogens (tertiary/aromatic N) is 4. The molecule has 2 aromatic rings. The van der Waals surface area contributed by atoms with Gasteiger partial charge in [-0.05, 0) is 28.5 Å². The van der Waals surface area contributed by atoms with Gasteiger partial charge in [-0.15, -0.1) is 5.10 Å². The third kappa shape index (κ3) is 4.70. The molecular weight excluding hydrogens is 306 g/mol. The van der Waals surface area contributed by atoms with Crippen LogP contribution < -0.4 is 10.1 Å². The van der Waals surface area contributed by atoms with E-state index < -0.39 is 0 Å².